The van der Waals surface area contributed by atoms with Crippen LogP contribution in [0.25, 0.3) is 0 Å². The predicted octanol–water partition coefficient (Wildman–Crippen LogP) is 3.53. The van der Waals surface area contributed by atoms with Crippen molar-refractivity contribution >= 4 is 46.0 Å². The zero-order chi connectivity index (χ0) is 25.4. The van der Waals surface area contributed by atoms with E-state index in [2.05, 4.69) is 5.32 Å². The van der Waals surface area contributed by atoms with Crippen LogP contribution in [0.3, 0.4) is 0 Å². The van der Waals surface area contributed by atoms with E-state index >= 15 is 0 Å². The highest BCUT2D eigenvalue weighted by Gasteiger charge is 2.19. The van der Waals surface area contributed by atoms with Crippen LogP contribution in [0.5, 0.6) is 0 Å². The number of esters is 1. The standard InChI is InChI=1S/C25H26N4O5S/c1-2-34-24(31)15-19-12-13-21(29(35(32)33)20-6-4-3-5-7-20)16-22(19)28-23(30)14-17-8-10-18(11-9-17)25(26)27/h3-13,16H,2,14-15H2,1H3,(H3,26,27)(H,28,30)(H,32,33). The molecule has 9 nitrogen and oxygen atoms in total. The third-order valence-electron chi connectivity index (χ3n) is 5.02. The third kappa shape index (κ3) is 6.98. The van der Waals surface area contributed by atoms with E-state index in [0.29, 0.717) is 33.8 Å². The van der Waals surface area contributed by atoms with Crippen molar-refractivity contribution in [2.24, 2.45) is 5.73 Å². The second-order valence-corrected chi connectivity index (χ2v) is 8.35. The number of hydrogen-bond acceptors (Lipinski definition) is 5. The summed E-state index contributed by atoms with van der Waals surface area (Å²) in [5.41, 5.74) is 8.39. The van der Waals surface area contributed by atoms with Crippen LogP contribution in [0.2, 0.25) is 0 Å². The molecule has 0 saturated carbocycles. The van der Waals surface area contributed by atoms with Crippen LogP contribution in [0.15, 0.2) is 72.8 Å². The van der Waals surface area contributed by atoms with Crippen molar-refractivity contribution in [3.05, 3.63) is 89.5 Å². The normalized spacial score (nSPS) is 11.4. The molecule has 0 spiro atoms. The summed E-state index contributed by atoms with van der Waals surface area (Å²) >= 11 is -2.38. The molecule has 182 valence electrons. The van der Waals surface area contributed by atoms with Gasteiger partial charge in [-0.15, -0.1) is 0 Å². The van der Waals surface area contributed by atoms with Crippen LogP contribution in [0.4, 0.5) is 17.1 Å². The fraction of sp³-hybridized carbons (Fsp3) is 0.160. The molecule has 0 aliphatic heterocycles. The number of nitrogen functional groups attached to an aromatic ring is 1. The summed E-state index contributed by atoms with van der Waals surface area (Å²) in [7, 11) is 0. The molecule has 0 saturated heterocycles. The number of carbonyl (C=O) groups excluding carboxylic acids is 2. The van der Waals surface area contributed by atoms with E-state index in [1.807, 2.05) is 0 Å². The van der Waals surface area contributed by atoms with Gasteiger partial charge in [-0.25, -0.2) is 8.51 Å². The van der Waals surface area contributed by atoms with Gasteiger partial charge in [-0.1, -0.05) is 48.5 Å². The maximum Gasteiger partial charge on any atom is 0.310 e. The highest BCUT2D eigenvalue weighted by molar-refractivity contribution is 7.81. The summed E-state index contributed by atoms with van der Waals surface area (Å²) in [4.78, 5) is 24.9. The van der Waals surface area contributed by atoms with Gasteiger partial charge < -0.3 is 15.8 Å². The molecular weight excluding hydrogens is 468 g/mol. The van der Waals surface area contributed by atoms with Crippen molar-refractivity contribution in [2.45, 2.75) is 19.8 Å². The first-order valence-electron chi connectivity index (χ1n) is 10.8. The van der Waals surface area contributed by atoms with E-state index in [1.54, 1.807) is 79.7 Å². The molecule has 1 unspecified atom stereocenters. The first-order chi connectivity index (χ1) is 16.8. The minimum atomic E-state index is -2.38. The molecule has 3 rings (SSSR count). The quantitative estimate of drug-likeness (QED) is 0.147. The van der Waals surface area contributed by atoms with Crippen molar-refractivity contribution in [1.82, 2.24) is 0 Å². The van der Waals surface area contributed by atoms with Crippen molar-refractivity contribution < 1.29 is 23.1 Å². The number of nitrogens with zero attached hydrogens (tertiary/aromatic N) is 1. The van der Waals surface area contributed by atoms with Crippen LogP contribution < -0.4 is 15.4 Å². The number of para-hydroxylation sites is 1. The second-order valence-electron chi connectivity index (χ2n) is 7.52. The van der Waals surface area contributed by atoms with Gasteiger partial charge in [0, 0.05) is 11.3 Å². The topological polar surface area (TPSA) is 146 Å². The first kappa shape index (κ1) is 25.6. The number of amidine groups is 1. The molecule has 0 aromatic heterocycles. The number of amides is 1. The Morgan fingerprint density at radius 3 is 2.31 bits per heavy atom. The summed E-state index contributed by atoms with van der Waals surface area (Å²) in [6.45, 7) is 1.93. The Balaban J connectivity index is 1.91. The van der Waals surface area contributed by atoms with Crippen LogP contribution in [-0.2, 0) is 38.4 Å². The fourth-order valence-corrected chi connectivity index (χ4v) is 4.00. The molecule has 35 heavy (non-hydrogen) atoms. The number of rotatable bonds is 10. The average Bonchev–Trinajstić information content (AvgIpc) is 2.82. The highest BCUT2D eigenvalue weighted by Crippen LogP contribution is 2.31. The second kappa shape index (κ2) is 11.9. The molecule has 0 heterocycles. The number of carbonyl (C=O) groups is 2. The van der Waals surface area contributed by atoms with Crippen LogP contribution >= 0.6 is 0 Å². The summed E-state index contributed by atoms with van der Waals surface area (Å²) < 4.78 is 28.3. The van der Waals surface area contributed by atoms with E-state index in [4.69, 9.17) is 15.9 Å². The number of benzene rings is 3. The molecule has 1 atom stereocenters. The fourth-order valence-electron chi connectivity index (χ4n) is 3.40. The largest absolute Gasteiger partial charge is 0.466 e. The molecule has 5 N–H and O–H groups in total. The Labute approximate surface area is 205 Å². The van der Waals surface area contributed by atoms with Gasteiger partial charge in [-0.2, -0.15) is 0 Å². The molecule has 3 aromatic carbocycles. The van der Waals surface area contributed by atoms with Gasteiger partial charge in [0.1, 0.15) is 5.84 Å². The van der Waals surface area contributed by atoms with E-state index in [1.165, 1.54) is 4.31 Å². The monoisotopic (exact) mass is 494 g/mol. The maximum absolute atomic E-state index is 12.8. The molecule has 1 amide bonds. The zero-order valence-corrected chi connectivity index (χ0v) is 19.9. The molecular formula is C25H26N4O5S. The Morgan fingerprint density at radius 2 is 1.71 bits per heavy atom. The SMILES string of the molecule is CCOC(=O)Cc1ccc(N(c2ccccc2)S(=O)O)cc1NC(=O)Cc1ccc(C(=N)N)cc1. The van der Waals surface area contributed by atoms with Gasteiger partial charge in [0.05, 0.1) is 30.8 Å². The van der Waals surface area contributed by atoms with Crippen LogP contribution in [-0.4, -0.2) is 33.1 Å². The van der Waals surface area contributed by atoms with Gasteiger partial charge in [0.2, 0.25) is 5.91 Å². The van der Waals surface area contributed by atoms with Gasteiger partial charge in [0.25, 0.3) is 11.3 Å². The number of ether oxygens (including phenoxy) is 1. The summed E-state index contributed by atoms with van der Waals surface area (Å²) in [5, 5.41) is 10.3. The van der Waals surface area contributed by atoms with Crippen LogP contribution in [0, 0.1) is 5.41 Å². The Kier molecular flexibility index (Phi) is 8.71. The van der Waals surface area contributed by atoms with Gasteiger partial charge in [-0.3, -0.25) is 19.6 Å². The molecule has 0 radical (unpaired) electrons. The minimum Gasteiger partial charge on any atom is -0.466 e. The average molecular weight is 495 g/mol. The Bertz CT molecular complexity index is 1230. The first-order valence-corrected chi connectivity index (χ1v) is 11.8. The molecule has 0 bridgehead atoms. The van der Waals surface area contributed by atoms with Crippen molar-refractivity contribution in [3.8, 4) is 0 Å². The van der Waals surface area contributed by atoms with E-state index in [0.717, 1.165) is 0 Å². The smallest absolute Gasteiger partial charge is 0.310 e. The molecule has 0 fully saturated rings. The number of nitrogens with two attached hydrogens (primary N) is 1. The molecule has 3 aromatic rings. The lowest BCUT2D eigenvalue weighted by molar-refractivity contribution is -0.142. The Morgan fingerprint density at radius 1 is 1.03 bits per heavy atom. The number of hydrogen-bond donors (Lipinski definition) is 4. The zero-order valence-electron chi connectivity index (χ0n) is 19.1. The van der Waals surface area contributed by atoms with Gasteiger partial charge >= 0.3 is 5.97 Å². The lowest BCUT2D eigenvalue weighted by Crippen LogP contribution is -2.21. The molecule has 10 heteroatoms. The van der Waals surface area contributed by atoms with Crippen molar-refractivity contribution in [3.63, 3.8) is 0 Å². The Hall–Kier alpha value is -4.02. The number of anilines is 3. The van der Waals surface area contributed by atoms with E-state index < -0.39 is 17.2 Å². The number of nitrogens with one attached hydrogen (secondary N) is 2. The minimum absolute atomic E-state index is 0.0373. The van der Waals surface area contributed by atoms with Crippen LogP contribution in [0.1, 0.15) is 23.6 Å². The van der Waals surface area contributed by atoms with Gasteiger partial charge in [-0.05, 0) is 42.3 Å². The molecule has 0 aliphatic rings. The summed E-state index contributed by atoms with van der Waals surface area (Å²) in [6.07, 6.45) is -0.0415. The summed E-state index contributed by atoms with van der Waals surface area (Å²) in [6, 6.07) is 20.1. The third-order valence-corrected chi connectivity index (χ3v) is 5.75. The van der Waals surface area contributed by atoms with Crippen molar-refractivity contribution in [2.75, 3.05) is 16.2 Å². The van der Waals surface area contributed by atoms with E-state index in [9.17, 15) is 18.4 Å². The predicted molar refractivity (Wildman–Crippen MR) is 136 cm³/mol. The lowest BCUT2D eigenvalue weighted by Gasteiger charge is -2.22. The maximum atomic E-state index is 12.8. The van der Waals surface area contributed by atoms with E-state index in [-0.39, 0.29) is 31.2 Å². The lowest BCUT2D eigenvalue weighted by atomic mass is 10.1. The summed E-state index contributed by atoms with van der Waals surface area (Å²) in [5.74, 6) is -0.869. The molecule has 0 aliphatic carbocycles. The highest BCUT2D eigenvalue weighted by atomic mass is 32.2. The van der Waals surface area contributed by atoms with Gasteiger partial charge in [0.15, 0.2) is 0 Å². The van der Waals surface area contributed by atoms with Crippen molar-refractivity contribution in [1.29, 1.82) is 5.41 Å².